The van der Waals surface area contributed by atoms with Gasteiger partial charge in [-0.1, -0.05) is 36.7 Å². The molecule has 1 aliphatic rings. The Morgan fingerprint density at radius 3 is 2.14 bits per heavy atom. The Labute approximate surface area is 97.2 Å². The summed E-state index contributed by atoms with van der Waals surface area (Å²) in [6.07, 6.45) is 5.73. The maximum atomic E-state index is 3.49. The Balaban J connectivity index is 2.24. The van der Waals surface area contributed by atoms with Crippen LogP contribution in [0.1, 0.15) is 46.5 Å². The SMILES string of the molecule is CC(C)(C)C1CCC([NH2+]CCBr)CC1. The second-order valence-corrected chi connectivity index (χ2v) is 6.48. The molecule has 0 unspecified atom stereocenters. The minimum absolute atomic E-state index is 0.528. The number of halogens is 1. The van der Waals surface area contributed by atoms with Gasteiger partial charge < -0.3 is 5.32 Å². The van der Waals surface area contributed by atoms with Crippen molar-refractivity contribution in [3.63, 3.8) is 0 Å². The Morgan fingerprint density at radius 1 is 1.14 bits per heavy atom. The van der Waals surface area contributed by atoms with E-state index in [-0.39, 0.29) is 0 Å². The van der Waals surface area contributed by atoms with Crippen LogP contribution in [0.4, 0.5) is 0 Å². The molecule has 0 saturated heterocycles. The average molecular weight is 263 g/mol. The van der Waals surface area contributed by atoms with E-state index in [0.717, 1.165) is 17.3 Å². The van der Waals surface area contributed by atoms with Gasteiger partial charge in [0.15, 0.2) is 0 Å². The summed E-state index contributed by atoms with van der Waals surface area (Å²) < 4.78 is 0. The van der Waals surface area contributed by atoms with E-state index < -0.39 is 0 Å². The molecule has 0 atom stereocenters. The third kappa shape index (κ3) is 3.90. The van der Waals surface area contributed by atoms with E-state index in [0.29, 0.717) is 5.41 Å². The summed E-state index contributed by atoms with van der Waals surface area (Å²) in [6.45, 7) is 8.41. The number of alkyl halides is 1. The predicted octanol–water partition coefficient (Wildman–Crippen LogP) is 2.55. The van der Waals surface area contributed by atoms with E-state index >= 15 is 0 Å². The van der Waals surface area contributed by atoms with Crippen LogP contribution in [0.5, 0.6) is 0 Å². The van der Waals surface area contributed by atoms with Crippen molar-refractivity contribution in [3.8, 4) is 0 Å². The van der Waals surface area contributed by atoms with Gasteiger partial charge in [0, 0.05) is 0 Å². The van der Waals surface area contributed by atoms with Crippen LogP contribution in [0.25, 0.3) is 0 Å². The standard InChI is InChI=1S/C12H24BrN/c1-12(2,3)10-4-6-11(7-5-10)14-9-8-13/h10-11,14H,4-9H2,1-3H3/p+1. The molecule has 0 heterocycles. The van der Waals surface area contributed by atoms with Gasteiger partial charge in [0.1, 0.15) is 0 Å². The highest BCUT2D eigenvalue weighted by molar-refractivity contribution is 9.09. The van der Waals surface area contributed by atoms with Crippen LogP contribution in [0, 0.1) is 11.3 Å². The molecule has 0 amide bonds. The van der Waals surface area contributed by atoms with Gasteiger partial charge in [0.2, 0.25) is 0 Å². The molecule has 1 saturated carbocycles. The van der Waals surface area contributed by atoms with Gasteiger partial charge in [-0.05, 0) is 37.0 Å². The second kappa shape index (κ2) is 5.50. The Bertz CT molecular complexity index is 154. The first-order valence-electron chi connectivity index (χ1n) is 5.93. The molecular weight excluding hydrogens is 238 g/mol. The van der Waals surface area contributed by atoms with Gasteiger partial charge in [0.25, 0.3) is 0 Å². The quantitative estimate of drug-likeness (QED) is 0.754. The minimum Gasteiger partial charge on any atom is -0.343 e. The summed E-state index contributed by atoms with van der Waals surface area (Å²) in [5.41, 5.74) is 0.528. The first kappa shape index (κ1) is 12.5. The summed E-state index contributed by atoms with van der Waals surface area (Å²) >= 11 is 3.49. The van der Waals surface area contributed by atoms with Crippen molar-refractivity contribution in [1.29, 1.82) is 0 Å². The first-order chi connectivity index (χ1) is 6.54. The maximum Gasteiger partial charge on any atom is 0.0859 e. The molecule has 0 radical (unpaired) electrons. The van der Waals surface area contributed by atoms with Crippen LogP contribution in [0.2, 0.25) is 0 Å². The largest absolute Gasteiger partial charge is 0.343 e. The number of nitrogens with two attached hydrogens (primary N) is 1. The second-order valence-electron chi connectivity index (χ2n) is 5.69. The maximum absolute atomic E-state index is 3.49. The Kier molecular flexibility index (Phi) is 4.92. The summed E-state index contributed by atoms with van der Waals surface area (Å²) in [6, 6.07) is 0.908. The van der Waals surface area contributed by atoms with E-state index in [2.05, 4.69) is 42.0 Å². The highest BCUT2D eigenvalue weighted by Gasteiger charge is 2.30. The van der Waals surface area contributed by atoms with Crippen LogP contribution in [0.3, 0.4) is 0 Å². The molecule has 84 valence electrons. The zero-order valence-corrected chi connectivity index (χ0v) is 11.4. The topological polar surface area (TPSA) is 16.6 Å². The van der Waals surface area contributed by atoms with Crippen LogP contribution < -0.4 is 5.32 Å². The number of hydrogen-bond acceptors (Lipinski definition) is 0. The van der Waals surface area contributed by atoms with Crippen molar-refractivity contribution in [2.24, 2.45) is 11.3 Å². The van der Waals surface area contributed by atoms with Gasteiger partial charge in [-0.2, -0.15) is 0 Å². The molecule has 1 aliphatic carbocycles. The first-order valence-corrected chi connectivity index (χ1v) is 7.05. The molecule has 0 bridgehead atoms. The normalized spacial score (nSPS) is 29.1. The van der Waals surface area contributed by atoms with Crippen molar-refractivity contribution < 1.29 is 5.32 Å². The summed E-state index contributed by atoms with van der Waals surface area (Å²) in [7, 11) is 0. The van der Waals surface area contributed by atoms with Crippen molar-refractivity contribution in [1.82, 2.24) is 0 Å². The molecular formula is C12H25BrN+. The zero-order valence-electron chi connectivity index (χ0n) is 9.85. The van der Waals surface area contributed by atoms with Crippen LogP contribution >= 0.6 is 15.9 Å². The highest BCUT2D eigenvalue weighted by atomic mass is 79.9. The van der Waals surface area contributed by atoms with E-state index in [4.69, 9.17) is 0 Å². The molecule has 14 heavy (non-hydrogen) atoms. The molecule has 1 fully saturated rings. The van der Waals surface area contributed by atoms with E-state index in [1.807, 2.05) is 0 Å². The monoisotopic (exact) mass is 262 g/mol. The van der Waals surface area contributed by atoms with Gasteiger partial charge in [0.05, 0.1) is 17.9 Å². The molecule has 2 heteroatoms. The van der Waals surface area contributed by atoms with Crippen LogP contribution in [-0.4, -0.2) is 17.9 Å². The zero-order chi connectivity index (χ0) is 10.6. The number of rotatable bonds is 3. The molecule has 1 rings (SSSR count). The van der Waals surface area contributed by atoms with Crippen molar-refractivity contribution >= 4 is 15.9 Å². The number of hydrogen-bond donors (Lipinski definition) is 1. The fourth-order valence-corrected chi connectivity index (χ4v) is 2.78. The molecule has 0 aromatic heterocycles. The molecule has 0 aromatic rings. The Morgan fingerprint density at radius 2 is 1.71 bits per heavy atom. The summed E-state index contributed by atoms with van der Waals surface area (Å²) in [5.74, 6) is 0.955. The lowest BCUT2D eigenvalue weighted by Gasteiger charge is -2.36. The van der Waals surface area contributed by atoms with Crippen molar-refractivity contribution in [2.75, 3.05) is 11.9 Å². The van der Waals surface area contributed by atoms with E-state index in [1.54, 1.807) is 0 Å². The Hall–Kier alpha value is 0.440. The predicted molar refractivity (Wildman–Crippen MR) is 65.8 cm³/mol. The molecule has 1 nitrogen and oxygen atoms in total. The van der Waals surface area contributed by atoms with Gasteiger partial charge in [-0.15, -0.1) is 0 Å². The lowest BCUT2D eigenvalue weighted by atomic mass is 9.71. The van der Waals surface area contributed by atoms with E-state index in [1.165, 1.54) is 32.2 Å². The third-order valence-corrected chi connectivity index (χ3v) is 4.06. The van der Waals surface area contributed by atoms with Crippen LogP contribution in [0.15, 0.2) is 0 Å². The molecule has 0 aliphatic heterocycles. The summed E-state index contributed by atoms with van der Waals surface area (Å²) in [5, 5.41) is 3.65. The molecule has 2 N–H and O–H groups in total. The minimum atomic E-state index is 0.528. The molecule has 0 spiro atoms. The van der Waals surface area contributed by atoms with Gasteiger partial charge >= 0.3 is 0 Å². The summed E-state index contributed by atoms with van der Waals surface area (Å²) in [4.78, 5) is 0. The third-order valence-electron chi connectivity index (χ3n) is 3.61. The number of quaternary nitrogens is 1. The van der Waals surface area contributed by atoms with E-state index in [9.17, 15) is 0 Å². The molecule has 0 aromatic carbocycles. The smallest absolute Gasteiger partial charge is 0.0859 e. The van der Waals surface area contributed by atoms with Crippen molar-refractivity contribution in [3.05, 3.63) is 0 Å². The van der Waals surface area contributed by atoms with Crippen molar-refractivity contribution in [2.45, 2.75) is 52.5 Å². The fraction of sp³-hybridized carbons (Fsp3) is 1.00. The average Bonchev–Trinajstić information content (AvgIpc) is 2.14. The highest BCUT2D eigenvalue weighted by Crippen LogP contribution is 2.36. The van der Waals surface area contributed by atoms with Crippen LogP contribution in [-0.2, 0) is 0 Å². The lowest BCUT2D eigenvalue weighted by Crippen LogP contribution is -2.90. The van der Waals surface area contributed by atoms with Gasteiger partial charge in [-0.25, -0.2) is 0 Å². The fourth-order valence-electron chi connectivity index (χ4n) is 2.52. The lowest BCUT2D eigenvalue weighted by molar-refractivity contribution is -0.688. The van der Waals surface area contributed by atoms with Gasteiger partial charge in [-0.3, -0.25) is 0 Å².